The summed E-state index contributed by atoms with van der Waals surface area (Å²) in [5.41, 5.74) is 1.13. The number of nitrogens with zero attached hydrogens (tertiary/aromatic N) is 4. The highest BCUT2D eigenvalue weighted by atomic mass is 16.4. The topological polar surface area (TPSA) is 117 Å². The van der Waals surface area contributed by atoms with Gasteiger partial charge in [-0.05, 0) is 68.9 Å². The molecule has 4 unspecified atom stereocenters. The molecule has 5 atom stereocenters. The SMILES string of the molecule is O=C(O)C/N=C/C(=O)Nc1nc2ccccc2n(C2CC3CCC[C@H](C2)N3C2CC3CCCC(C3)C2)c1=O. The van der Waals surface area contributed by atoms with Gasteiger partial charge in [0.15, 0.2) is 5.82 Å². The molecule has 1 aromatic heterocycles. The zero-order chi connectivity index (χ0) is 26.2. The minimum absolute atomic E-state index is 0.0387. The van der Waals surface area contributed by atoms with Gasteiger partial charge in [-0.15, -0.1) is 0 Å². The predicted octanol–water partition coefficient (Wildman–Crippen LogP) is 4.02. The van der Waals surface area contributed by atoms with E-state index in [1.807, 2.05) is 28.8 Å². The molecule has 4 bridgehead atoms. The van der Waals surface area contributed by atoms with Crippen LogP contribution >= 0.6 is 0 Å². The Bertz CT molecular complexity index is 1280. The molecule has 4 aliphatic rings. The van der Waals surface area contributed by atoms with Crippen LogP contribution in [0.2, 0.25) is 0 Å². The molecule has 9 nitrogen and oxygen atoms in total. The van der Waals surface area contributed by atoms with Gasteiger partial charge in [-0.3, -0.25) is 24.3 Å². The van der Waals surface area contributed by atoms with Gasteiger partial charge in [-0.2, -0.15) is 0 Å². The smallest absolute Gasteiger partial charge is 0.325 e. The Labute approximate surface area is 222 Å². The van der Waals surface area contributed by atoms with E-state index < -0.39 is 18.4 Å². The summed E-state index contributed by atoms with van der Waals surface area (Å²) in [6, 6.07) is 9.29. The Hall–Kier alpha value is -3.07. The fraction of sp³-hybridized carbons (Fsp3) is 0.621. The number of piperidine rings is 2. The van der Waals surface area contributed by atoms with Crippen molar-refractivity contribution in [1.82, 2.24) is 14.5 Å². The molecule has 2 aliphatic heterocycles. The van der Waals surface area contributed by atoms with Crippen LogP contribution in [-0.2, 0) is 9.59 Å². The van der Waals surface area contributed by atoms with Crippen molar-refractivity contribution in [3.05, 3.63) is 34.6 Å². The van der Waals surface area contributed by atoms with Gasteiger partial charge >= 0.3 is 5.97 Å². The number of nitrogens with one attached hydrogen (secondary N) is 1. The van der Waals surface area contributed by atoms with Gasteiger partial charge in [-0.25, -0.2) is 4.98 Å². The van der Waals surface area contributed by atoms with Crippen LogP contribution < -0.4 is 10.9 Å². The molecule has 2 N–H and O–H groups in total. The number of rotatable bonds is 6. The molecule has 1 aromatic carbocycles. The summed E-state index contributed by atoms with van der Waals surface area (Å²) in [7, 11) is 0. The lowest BCUT2D eigenvalue weighted by Gasteiger charge is -2.55. The van der Waals surface area contributed by atoms with Crippen molar-refractivity contribution in [3.63, 3.8) is 0 Å². The van der Waals surface area contributed by atoms with Gasteiger partial charge in [0.2, 0.25) is 0 Å². The number of hydrogen-bond acceptors (Lipinski definition) is 6. The van der Waals surface area contributed by atoms with Crippen LogP contribution in [-0.4, -0.2) is 62.3 Å². The molecule has 4 fully saturated rings. The summed E-state index contributed by atoms with van der Waals surface area (Å²) >= 11 is 0. The van der Waals surface area contributed by atoms with Crippen LogP contribution in [0.25, 0.3) is 11.0 Å². The van der Waals surface area contributed by atoms with E-state index in [0.29, 0.717) is 23.6 Å². The summed E-state index contributed by atoms with van der Waals surface area (Å²) in [6.07, 6.45) is 14.7. The van der Waals surface area contributed by atoms with Crippen LogP contribution in [0.15, 0.2) is 34.1 Å². The van der Waals surface area contributed by atoms with E-state index in [4.69, 9.17) is 5.11 Å². The van der Waals surface area contributed by atoms with Crippen LogP contribution in [0.3, 0.4) is 0 Å². The van der Waals surface area contributed by atoms with E-state index in [0.717, 1.165) is 36.4 Å². The second-order valence-corrected chi connectivity index (χ2v) is 11.8. The van der Waals surface area contributed by atoms with Crippen molar-refractivity contribution in [2.45, 2.75) is 94.8 Å². The number of hydrogen-bond donors (Lipinski definition) is 2. The van der Waals surface area contributed by atoms with Crippen molar-refractivity contribution in [1.29, 1.82) is 0 Å². The number of aliphatic carboxylic acids is 1. The lowest BCUT2D eigenvalue weighted by molar-refractivity contribution is -0.135. The van der Waals surface area contributed by atoms with E-state index in [2.05, 4.69) is 20.2 Å². The number of amides is 1. The van der Waals surface area contributed by atoms with Gasteiger partial charge < -0.3 is 15.0 Å². The van der Waals surface area contributed by atoms with Gasteiger partial charge in [0.05, 0.1) is 17.2 Å². The number of aliphatic imine (C=N–C) groups is 1. The molecule has 2 aliphatic carbocycles. The van der Waals surface area contributed by atoms with E-state index in [9.17, 15) is 14.4 Å². The number of aromatic nitrogens is 2. The number of carboxylic acid groups (broad SMARTS) is 1. The van der Waals surface area contributed by atoms with Crippen molar-refractivity contribution < 1.29 is 14.7 Å². The molecule has 6 rings (SSSR count). The lowest BCUT2D eigenvalue weighted by atomic mass is 9.68. The van der Waals surface area contributed by atoms with Gasteiger partial charge in [0, 0.05) is 24.2 Å². The lowest BCUT2D eigenvalue weighted by Crippen LogP contribution is -2.58. The molecule has 2 saturated carbocycles. The fourth-order valence-electron chi connectivity index (χ4n) is 8.09. The zero-order valence-corrected chi connectivity index (χ0v) is 21.8. The second-order valence-electron chi connectivity index (χ2n) is 11.8. The Morgan fingerprint density at radius 1 is 0.947 bits per heavy atom. The number of para-hydroxylation sites is 2. The Kier molecular flexibility index (Phi) is 7.03. The van der Waals surface area contributed by atoms with Crippen molar-refractivity contribution >= 4 is 34.9 Å². The van der Waals surface area contributed by atoms with E-state index in [1.165, 1.54) is 57.8 Å². The molecule has 202 valence electrons. The van der Waals surface area contributed by atoms with Crippen molar-refractivity contribution in [2.24, 2.45) is 16.8 Å². The third-order valence-electron chi connectivity index (χ3n) is 9.37. The van der Waals surface area contributed by atoms with E-state index in [1.54, 1.807) is 0 Å². The molecular weight excluding hydrogens is 482 g/mol. The number of carbonyl (C=O) groups excluding carboxylic acids is 1. The normalized spacial score (nSPS) is 31.4. The van der Waals surface area contributed by atoms with Crippen molar-refractivity contribution in [2.75, 3.05) is 11.9 Å². The second kappa shape index (κ2) is 10.6. The first-order valence-corrected chi connectivity index (χ1v) is 14.3. The summed E-state index contributed by atoms with van der Waals surface area (Å²) in [4.78, 5) is 47.8. The predicted molar refractivity (Wildman–Crippen MR) is 146 cm³/mol. The maximum absolute atomic E-state index is 13.8. The van der Waals surface area contributed by atoms with Gasteiger partial charge in [-0.1, -0.05) is 37.8 Å². The molecular formula is C29H37N5O4. The third-order valence-corrected chi connectivity index (χ3v) is 9.37. The Morgan fingerprint density at radius 3 is 2.34 bits per heavy atom. The fourth-order valence-corrected chi connectivity index (χ4v) is 8.09. The standard InChI is InChI=1S/C29H37N5O4/c35-26(16-30-17-27(36)37)32-28-29(38)34(25-10-2-1-9-24(25)31-28)23-14-20-7-4-8-21(15-23)33(20)22-12-18-5-3-6-19(11-18)13-22/h1-2,9-10,16,18-23H,3-8,11-15,17H2,(H,36,37)(H,31,32,35)/b30-16+/t18?,19?,20-,21?,22?,23?/m1/s1. The molecule has 0 spiro atoms. The van der Waals surface area contributed by atoms with E-state index >= 15 is 0 Å². The van der Waals surface area contributed by atoms with Crippen molar-refractivity contribution in [3.8, 4) is 0 Å². The number of carbonyl (C=O) groups is 2. The quantitative estimate of drug-likeness (QED) is 0.557. The summed E-state index contributed by atoms with van der Waals surface area (Å²) < 4.78 is 1.87. The Balaban J connectivity index is 1.28. The minimum Gasteiger partial charge on any atom is -0.480 e. The average molecular weight is 520 g/mol. The zero-order valence-electron chi connectivity index (χ0n) is 21.8. The highest BCUT2D eigenvalue weighted by molar-refractivity contribution is 6.31. The highest BCUT2D eigenvalue weighted by Gasteiger charge is 2.45. The molecule has 0 radical (unpaired) electrons. The Morgan fingerprint density at radius 2 is 1.63 bits per heavy atom. The summed E-state index contributed by atoms with van der Waals surface area (Å²) in [6.45, 7) is -0.507. The van der Waals surface area contributed by atoms with E-state index in [-0.39, 0.29) is 17.4 Å². The van der Waals surface area contributed by atoms with Crippen LogP contribution in [0.1, 0.15) is 76.7 Å². The molecule has 2 saturated heterocycles. The molecule has 1 amide bonds. The van der Waals surface area contributed by atoms with Gasteiger partial charge in [0.25, 0.3) is 11.5 Å². The molecule has 3 heterocycles. The molecule has 2 aromatic rings. The van der Waals surface area contributed by atoms with Gasteiger partial charge in [0.1, 0.15) is 6.54 Å². The maximum atomic E-state index is 13.8. The number of benzene rings is 1. The minimum atomic E-state index is -1.13. The largest absolute Gasteiger partial charge is 0.480 e. The maximum Gasteiger partial charge on any atom is 0.325 e. The third kappa shape index (κ3) is 5.00. The molecule has 9 heteroatoms. The number of fused-ring (bicyclic) bond motifs is 5. The highest BCUT2D eigenvalue weighted by Crippen LogP contribution is 2.47. The first kappa shape index (κ1) is 25.2. The number of anilines is 1. The summed E-state index contributed by atoms with van der Waals surface area (Å²) in [5, 5.41) is 11.3. The monoisotopic (exact) mass is 519 g/mol. The van der Waals surface area contributed by atoms with Crippen LogP contribution in [0.4, 0.5) is 5.82 Å². The van der Waals surface area contributed by atoms with Crippen LogP contribution in [0, 0.1) is 11.8 Å². The first-order valence-electron chi connectivity index (χ1n) is 14.3. The molecule has 38 heavy (non-hydrogen) atoms. The first-order chi connectivity index (χ1) is 18.5. The average Bonchev–Trinajstić information content (AvgIpc) is 2.88. The summed E-state index contributed by atoms with van der Waals surface area (Å²) in [5.74, 6) is -0.0465. The van der Waals surface area contributed by atoms with Crippen LogP contribution in [0.5, 0.6) is 0 Å². The number of carboxylic acids is 1.